The molecule has 1 aromatic heterocycles. The fraction of sp³-hybridized carbons (Fsp3) is 0.412. The van der Waals surface area contributed by atoms with Gasteiger partial charge in [-0.1, -0.05) is 25.6 Å². The molecule has 2 aromatic rings. The summed E-state index contributed by atoms with van der Waals surface area (Å²) in [7, 11) is 0. The monoisotopic (exact) mass is 333 g/mol. The fourth-order valence-corrected chi connectivity index (χ4v) is 2.95. The second-order valence-corrected chi connectivity index (χ2v) is 5.77. The van der Waals surface area contributed by atoms with Crippen LogP contribution in [0.5, 0.6) is 11.5 Å². The van der Waals surface area contributed by atoms with E-state index in [0.29, 0.717) is 28.2 Å². The highest BCUT2D eigenvalue weighted by Crippen LogP contribution is 2.37. The van der Waals surface area contributed by atoms with Crippen molar-refractivity contribution in [3.63, 3.8) is 0 Å². The second-order valence-electron chi connectivity index (χ2n) is 5.36. The lowest BCUT2D eigenvalue weighted by molar-refractivity contribution is 0.0525. The Balaban J connectivity index is 2.22. The Hall–Kier alpha value is -2.08. The van der Waals surface area contributed by atoms with Gasteiger partial charge < -0.3 is 18.8 Å². The molecule has 1 aliphatic rings. The lowest BCUT2D eigenvalue weighted by Crippen LogP contribution is -2.10. The number of carbonyl (C=O) groups is 1. The lowest BCUT2D eigenvalue weighted by atomic mass is 10.1. The number of carbonyl (C=O) groups excluding carboxylic acids is 1. The van der Waals surface area contributed by atoms with Crippen LogP contribution in [0.2, 0.25) is 0 Å². The number of hydrogen-bond acceptors (Lipinski definition) is 5. The van der Waals surface area contributed by atoms with Crippen LogP contribution < -0.4 is 9.47 Å². The van der Waals surface area contributed by atoms with Gasteiger partial charge in [-0.05, 0) is 19.4 Å². The van der Waals surface area contributed by atoms with Crippen molar-refractivity contribution in [1.29, 1.82) is 0 Å². The third-order valence-electron chi connectivity index (χ3n) is 3.82. The van der Waals surface area contributed by atoms with Gasteiger partial charge in [0.15, 0.2) is 11.5 Å². The number of unbranched alkanes of at least 4 members (excludes halogenated alkanes) is 1. The molecule has 0 spiro atoms. The van der Waals surface area contributed by atoms with E-state index in [-0.39, 0.29) is 12.8 Å². The van der Waals surface area contributed by atoms with Gasteiger partial charge in [-0.15, -0.1) is 0 Å². The van der Waals surface area contributed by atoms with Gasteiger partial charge in [0.2, 0.25) is 6.79 Å². The highest BCUT2D eigenvalue weighted by atomic mass is 32.1. The van der Waals surface area contributed by atoms with Crippen molar-refractivity contribution in [3.8, 4) is 11.5 Å². The Kier molecular flexibility index (Phi) is 4.52. The van der Waals surface area contributed by atoms with Crippen molar-refractivity contribution in [2.24, 2.45) is 0 Å². The van der Waals surface area contributed by atoms with Gasteiger partial charge in [0.25, 0.3) is 0 Å². The normalized spacial score (nSPS) is 12.6. The standard InChI is InChI=1S/C17H19NO4S/c1-3-5-6-18-9-12(17(19)20-4-2)16(23)11-7-14-15(8-13(11)18)22-10-21-14/h7-9H,3-6,10H2,1-2H3. The van der Waals surface area contributed by atoms with Crippen molar-refractivity contribution in [1.82, 2.24) is 4.57 Å². The first-order valence-corrected chi connectivity index (χ1v) is 8.20. The molecular weight excluding hydrogens is 314 g/mol. The number of fused-ring (bicyclic) bond motifs is 2. The van der Waals surface area contributed by atoms with Crippen LogP contribution in [0.25, 0.3) is 10.9 Å². The minimum atomic E-state index is -0.387. The highest BCUT2D eigenvalue weighted by Gasteiger charge is 2.19. The molecule has 0 fully saturated rings. The minimum Gasteiger partial charge on any atom is -0.462 e. The first-order valence-electron chi connectivity index (χ1n) is 7.79. The van der Waals surface area contributed by atoms with Crippen molar-refractivity contribution in [2.45, 2.75) is 33.2 Å². The molecule has 23 heavy (non-hydrogen) atoms. The molecule has 1 aliphatic heterocycles. The van der Waals surface area contributed by atoms with Crippen LogP contribution in [0.4, 0.5) is 0 Å². The van der Waals surface area contributed by atoms with Crippen molar-refractivity contribution >= 4 is 29.1 Å². The summed E-state index contributed by atoms with van der Waals surface area (Å²) in [6, 6.07) is 3.78. The van der Waals surface area contributed by atoms with E-state index >= 15 is 0 Å². The minimum absolute atomic E-state index is 0.206. The number of pyridine rings is 1. The summed E-state index contributed by atoms with van der Waals surface area (Å²) < 4.78 is 18.6. The van der Waals surface area contributed by atoms with E-state index in [1.807, 2.05) is 16.7 Å². The number of ether oxygens (including phenoxy) is 3. The lowest BCUT2D eigenvalue weighted by Gasteiger charge is -2.14. The summed E-state index contributed by atoms with van der Waals surface area (Å²) >= 11 is 5.52. The van der Waals surface area contributed by atoms with E-state index in [0.717, 1.165) is 30.3 Å². The molecule has 0 amide bonds. The molecule has 122 valence electrons. The average Bonchev–Trinajstić information content (AvgIpc) is 3.00. The Bertz CT molecular complexity index is 812. The third kappa shape index (κ3) is 2.91. The number of rotatable bonds is 5. The number of esters is 1. The first kappa shape index (κ1) is 15.8. The Morgan fingerprint density at radius 1 is 1.30 bits per heavy atom. The van der Waals surface area contributed by atoms with Crippen LogP contribution in [0.1, 0.15) is 37.0 Å². The van der Waals surface area contributed by atoms with Crippen molar-refractivity contribution in [2.75, 3.05) is 13.4 Å². The zero-order chi connectivity index (χ0) is 16.4. The highest BCUT2D eigenvalue weighted by molar-refractivity contribution is 7.71. The molecule has 0 bridgehead atoms. The molecule has 2 heterocycles. The molecule has 0 aliphatic carbocycles. The molecule has 1 aromatic carbocycles. The molecule has 6 heteroatoms. The molecule has 3 rings (SSSR count). The molecule has 0 atom stereocenters. The summed E-state index contributed by atoms with van der Waals surface area (Å²) in [5.74, 6) is 0.981. The zero-order valence-electron chi connectivity index (χ0n) is 13.3. The van der Waals surface area contributed by atoms with Gasteiger partial charge in [0, 0.05) is 24.2 Å². The van der Waals surface area contributed by atoms with Gasteiger partial charge in [-0.2, -0.15) is 0 Å². The van der Waals surface area contributed by atoms with E-state index in [1.54, 1.807) is 13.1 Å². The third-order valence-corrected chi connectivity index (χ3v) is 4.26. The number of aryl methyl sites for hydroxylation is 1. The quantitative estimate of drug-likeness (QED) is 0.609. The maximum atomic E-state index is 12.2. The predicted octanol–water partition coefficient (Wildman–Crippen LogP) is 4.08. The van der Waals surface area contributed by atoms with E-state index in [1.165, 1.54) is 0 Å². The molecule has 0 unspecified atom stereocenters. The summed E-state index contributed by atoms with van der Waals surface area (Å²) in [5.41, 5.74) is 1.37. The maximum Gasteiger partial charge on any atom is 0.341 e. The van der Waals surface area contributed by atoms with E-state index in [4.69, 9.17) is 26.4 Å². The molecule has 5 nitrogen and oxygen atoms in total. The van der Waals surface area contributed by atoms with Crippen LogP contribution in [0.3, 0.4) is 0 Å². The molecular formula is C17H19NO4S. The van der Waals surface area contributed by atoms with Crippen LogP contribution in [0, 0.1) is 4.51 Å². The molecule has 0 N–H and O–H groups in total. The van der Waals surface area contributed by atoms with Crippen LogP contribution in [-0.2, 0) is 11.3 Å². The van der Waals surface area contributed by atoms with E-state index < -0.39 is 0 Å². The van der Waals surface area contributed by atoms with Crippen molar-refractivity contribution < 1.29 is 19.0 Å². The van der Waals surface area contributed by atoms with Gasteiger partial charge in [0.05, 0.1) is 22.2 Å². The van der Waals surface area contributed by atoms with E-state index in [9.17, 15) is 4.79 Å². The summed E-state index contributed by atoms with van der Waals surface area (Å²) in [4.78, 5) is 12.2. The maximum absolute atomic E-state index is 12.2. The van der Waals surface area contributed by atoms with Gasteiger partial charge in [0.1, 0.15) is 0 Å². The summed E-state index contributed by atoms with van der Waals surface area (Å²) in [6.45, 7) is 5.24. The Morgan fingerprint density at radius 3 is 2.74 bits per heavy atom. The number of hydrogen-bond donors (Lipinski definition) is 0. The summed E-state index contributed by atoms with van der Waals surface area (Å²) in [6.07, 6.45) is 3.86. The SMILES string of the molecule is CCCCn1cc(C(=O)OCC)c(=S)c2cc3c(cc21)OCO3. The summed E-state index contributed by atoms with van der Waals surface area (Å²) in [5, 5.41) is 0.811. The van der Waals surface area contributed by atoms with E-state index in [2.05, 4.69) is 6.92 Å². The van der Waals surface area contributed by atoms with Gasteiger partial charge in [-0.25, -0.2) is 4.79 Å². The smallest absolute Gasteiger partial charge is 0.341 e. The molecule has 0 radical (unpaired) electrons. The molecule has 0 saturated heterocycles. The zero-order valence-corrected chi connectivity index (χ0v) is 14.1. The second kappa shape index (κ2) is 6.58. The fourth-order valence-electron chi connectivity index (χ4n) is 2.65. The molecule has 0 saturated carbocycles. The largest absolute Gasteiger partial charge is 0.462 e. The first-order chi connectivity index (χ1) is 11.2. The predicted molar refractivity (Wildman–Crippen MR) is 89.8 cm³/mol. The number of benzene rings is 1. The van der Waals surface area contributed by atoms with Crippen LogP contribution in [0.15, 0.2) is 18.3 Å². The van der Waals surface area contributed by atoms with Crippen molar-refractivity contribution in [3.05, 3.63) is 28.4 Å². The average molecular weight is 333 g/mol. The Morgan fingerprint density at radius 2 is 2.04 bits per heavy atom. The van der Waals surface area contributed by atoms with Gasteiger partial charge in [-0.3, -0.25) is 0 Å². The van der Waals surface area contributed by atoms with Crippen LogP contribution in [-0.4, -0.2) is 23.9 Å². The van der Waals surface area contributed by atoms with Crippen LogP contribution >= 0.6 is 12.2 Å². The number of aromatic nitrogens is 1. The number of nitrogens with zero attached hydrogens (tertiary/aromatic N) is 1. The topological polar surface area (TPSA) is 49.7 Å². The Labute approximate surface area is 139 Å². The van der Waals surface area contributed by atoms with Gasteiger partial charge >= 0.3 is 5.97 Å².